The molecule has 1 heterocycles. The minimum Gasteiger partial charge on any atom is -0.480 e. The predicted octanol–water partition coefficient (Wildman–Crippen LogP) is 0.384. The van der Waals surface area contributed by atoms with E-state index in [1.165, 1.54) is 4.90 Å². The number of benzene rings is 1. The number of aliphatic carboxylic acids is 3. The lowest BCUT2D eigenvalue weighted by molar-refractivity contribution is -0.140. The molecule has 2 rings (SSSR count). The molecular formula is C22H34N4O6S. The maximum absolute atomic E-state index is 11.4. The van der Waals surface area contributed by atoms with E-state index in [0.29, 0.717) is 58.9 Å². The van der Waals surface area contributed by atoms with Gasteiger partial charge in [-0.1, -0.05) is 12.1 Å². The molecular weight excluding hydrogens is 448 g/mol. The Bertz CT molecular complexity index is 747. The third-order valence-corrected chi connectivity index (χ3v) is 6.32. The Balaban J connectivity index is 2.15. The zero-order chi connectivity index (χ0) is 24.2. The average Bonchev–Trinajstić information content (AvgIpc) is 2.75. The number of thioether (sulfide) groups is 1. The van der Waals surface area contributed by atoms with Crippen LogP contribution in [0, 0.1) is 0 Å². The Labute approximate surface area is 198 Å². The first-order chi connectivity index (χ1) is 15.7. The number of carboxylic acid groups (broad SMARTS) is 3. The third kappa shape index (κ3) is 11.0. The van der Waals surface area contributed by atoms with Crippen molar-refractivity contribution in [2.45, 2.75) is 11.4 Å². The van der Waals surface area contributed by atoms with Crippen LogP contribution < -0.4 is 0 Å². The molecule has 1 aromatic rings. The maximum Gasteiger partial charge on any atom is 0.317 e. The van der Waals surface area contributed by atoms with Gasteiger partial charge in [-0.3, -0.25) is 34.0 Å². The van der Waals surface area contributed by atoms with Gasteiger partial charge in [-0.05, 0) is 24.0 Å². The summed E-state index contributed by atoms with van der Waals surface area (Å²) in [6.45, 7) is 4.24. The second-order valence-electron chi connectivity index (χ2n) is 8.13. The molecule has 1 aliphatic heterocycles. The van der Waals surface area contributed by atoms with Crippen molar-refractivity contribution in [3.63, 3.8) is 0 Å². The van der Waals surface area contributed by atoms with Crippen LogP contribution in [0.3, 0.4) is 0 Å². The van der Waals surface area contributed by atoms with E-state index in [1.807, 2.05) is 16.1 Å². The van der Waals surface area contributed by atoms with E-state index in [0.717, 1.165) is 5.56 Å². The van der Waals surface area contributed by atoms with Crippen LogP contribution in [-0.2, 0) is 20.9 Å². The molecule has 0 unspecified atom stereocenters. The summed E-state index contributed by atoms with van der Waals surface area (Å²) in [5.41, 5.74) is 1.14. The van der Waals surface area contributed by atoms with Crippen LogP contribution in [-0.4, -0.2) is 131 Å². The Morgan fingerprint density at radius 2 is 1.00 bits per heavy atom. The molecule has 33 heavy (non-hydrogen) atoms. The van der Waals surface area contributed by atoms with E-state index in [-0.39, 0.29) is 19.6 Å². The van der Waals surface area contributed by atoms with Crippen molar-refractivity contribution in [3.05, 3.63) is 29.8 Å². The van der Waals surface area contributed by atoms with Crippen LogP contribution in [0.2, 0.25) is 0 Å². The van der Waals surface area contributed by atoms with Crippen molar-refractivity contribution in [1.82, 2.24) is 19.6 Å². The highest BCUT2D eigenvalue weighted by Gasteiger charge is 2.20. The summed E-state index contributed by atoms with van der Waals surface area (Å²) in [5.74, 6) is -2.80. The van der Waals surface area contributed by atoms with Crippen molar-refractivity contribution >= 4 is 29.7 Å². The second-order valence-corrected chi connectivity index (χ2v) is 9.01. The minimum atomic E-state index is -0.963. The molecule has 10 nitrogen and oxygen atoms in total. The van der Waals surface area contributed by atoms with E-state index < -0.39 is 17.9 Å². The lowest BCUT2D eigenvalue weighted by Crippen LogP contribution is -2.48. The lowest BCUT2D eigenvalue weighted by atomic mass is 10.2. The second kappa shape index (κ2) is 14.2. The molecule has 0 spiro atoms. The molecule has 0 aromatic heterocycles. The van der Waals surface area contributed by atoms with Crippen LogP contribution in [0.25, 0.3) is 0 Å². The van der Waals surface area contributed by atoms with Gasteiger partial charge in [0.05, 0.1) is 19.6 Å². The number of hydrogen-bond donors (Lipinski definition) is 3. The van der Waals surface area contributed by atoms with Gasteiger partial charge in [0.15, 0.2) is 0 Å². The first-order valence-electron chi connectivity index (χ1n) is 10.9. The Hall–Kier alpha value is -2.18. The SMILES string of the molecule is CSc1ccc(CN2CCN(CC(=O)O)CCN(CC(=O)O)CCN(CC(=O)O)CC2)cc1. The van der Waals surface area contributed by atoms with Crippen molar-refractivity contribution in [2.75, 3.05) is 78.2 Å². The summed E-state index contributed by atoms with van der Waals surface area (Å²) in [6, 6.07) is 8.30. The first-order valence-corrected chi connectivity index (χ1v) is 12.2. The summed E-state index contributed by atoms with van der Waals surface area (Å²) in [4.78, 5) is 42.8. The quantitative estimate of drug-likeness (QED) is 0.423. The molecule has 0 saturated carbocycles. The molecule has 3 N–H and O–H groups in total. The van der Waals surface area contributed by atoms with Gasteiger partial charge in [0, 0.05) is 63.8 Å². The van der Waals surface area contributed by atoms with Gasteiger partial charge >= 0.3 is 17.9 Å². The number of nitrogens with zero attached hydrogens (tertiary/aromatic N) is 4. The molecule has 184 valence electrons. The van der Waals surface area contributed by atoms with E-state index in [9.17, 15) is 29.7 Å². The summed E-state index contributed by atoms with van der Waals surface area (Å²) in [6.07, 6.45) is 2.02. The molecule has 0 amide bonds. The molecule has 0 atom stereocenters. The van der Waals surface area contributed by atoms with Gasteiger partial charge in [0.1, 0.15) is 0 Å². The zero-order valence-corrected chi connectivity index (χ0v) is 19.9. The number of rotatable bonds is 9. The van der Waals surface area contributed by atoms with Crippen LogP contribution in [0.4, 0.5) is 0 Å². The number of carboxylic acids is 3. The van der Waals surface area contributed by atoms with Crippen LogP contribution in [0.15, 0.2) is 29.2 Å². The highest BCUT2D eigenvalue weighted by atomic mass is 32.2. The standard InChI is InChI=1S/C22H34N4O6S/c1-33-19-4-2-18(3-5-19)14-23-6-8-24(15-20(27)28)10-12-26(17-22(31)32)13-11-25(9-7-23)16-21(29)30/h2-5H,6-17H2,1H3,(H,27,28)(H,29,30)(H,31,32). The highest BCUT2D eigenvalue weighted by Crippen LogP contribution is 2.16. The Morgan fingerprint density at radius 1 is 0.667 bits per heavy atom. The van der Waals surface area contributed by atoms with Gasteiger partial charge in [-0.25, -0.2) is 0 Å². The van der Waals surface area contributed by atoms with E-state index in [4.69, 9.17) is 0 Å². The minimum absolute atomic E-state index is 0.109. The molecule has 0 bridgehead atoms. The first kappa shape index (κ1) is 27.1. The molecule has 1 aromatic carbocycles. The van der Waals surface area contributed by atoms with Gasteiger partial charge in [0.2, 0.25) is 0 Å². The van der Waals surface area contributed by atoms with Gasteiger partial charge in [-0.2, -0.15) is 0 Å². The normalized spacial score (nSPS) is 18.3. The monoisotopic (exact) mass is 482 g/mol. The van der Waals surface area contributed by atoms with Crippen molar-refractivity contribution in [2.24, 2.45) is 0 Å². The van der Waals surface area contributed by atoms with Gasteiger partial charge < -0.3 is 15.3 Å². The molecule has 1 fully saturated rings. The fourth-order valence-corrected chi connectivity index (χ4v) is 4.18. The summed E-state index contributed by atoms with van der Waals surface area (Å²) in [5, 5.41) is 27.8. The molecule has 0 aliphatic carbocycles. The van der Waals surface area contributed by atoms with Crippen LogP contribution >= 0.6 is 11.8 Å². The molecule has 1 saturated heterocycles. The molecule has 1 aliphatic rings. The average molecular weight is 483 g/mol. The zero-order valence-electron chi connectivity index (χ0n) is 19.1. The third-order valence-electron chi connectivity index (χ3n) is 5.57. The summed E-state index contributed by atoms with van der Waals surface area (Å²) >= 11 is 1.68. The Kier molecular flexibility index (Phi) is 11.6. The summed E-state index contributed by atoms with van der Waals surface area (Å²) < 4.78 is 0. The fraction of sp³-hybridized carbons (Fsp3) is 0.591. The van der Waals surface area contributed by atoms with E-state index >= 15 is 0 Å². The van der Waals surface area contributed by atoms with Crippen molar-refractivity contribution < 1.29 is 29.7 Å². The van der Waals surface area contributed by atoms with Crippen molar-refractivity contribution in [1.29, 1.82) is 0 Å². The molecule has 11 heteroatoms. The summed E-state index contributed by atoms with van der Waals surface area (Å²) in [7, 11) is 0. The van der Waals surface area contributed by atoms with E-state index in [1.54, 1.807) is 16.7 Å². The number of hydrogen-bond acceptors (Lipinski definition) is 8. The maximum atomic E-state index is 11.4. The smallest absolute Gasteiger partial charge is 0.317 e. The van der Waals surface area contributed by atoms with Gasteiger partial charge in [0.25, 0.3) is 0 Å². The van der Waals surface area contributed by atoms with Crippen LogP contribution in [0.1, 0.15) is 5.56 Å². The van der Waals surface area contributed by atoms with Crippen molar-refractivity contribution in [3.8, 4) is 0 Å². The highest BCUT2D eigenvalue weighted by molar-refractivity contribution is 7.98. The largest absolute Gasteiger partial charge is 0.480 e. The lowest BCUT2D eigenvalue weighted by Gasteiger charge is -2.33. The Morgan fingerprint density at radius 3 is 1.30 bits per heavy atom. The molecule has 0 radical (unpaired) electrons. The fourth-order valence-electron chi connectivity index (χ4n) is 3.77. The van der Waals surface area contributed by atoms with Gasteiger partial charge in [-0.15, -0.1) is 11.8 Å². The predicted molar refractivity (Wildman–Crippen MR) is 126 cm³/mol. The number of carbonyl (C=O) groups is 3. The van der Waals surface area contributed by atoms with Crippen LogP contribution in [0.5, 0.6) is 0 Å². The topological polar surface area (TPSA) is 125 Å². The van der Waals surface area contributed by atoms with E-state index in [2.05, 4.69) is 29.2 Å².